The Labute approximate surface area is 121 Å². The third-order valence-electron chi connectivity index (χ3n) is 2.51. The number of rotatable bonds is 6. The molecule has 118 valence electrons. The molecule has 0 rings (SSSR count). The van der Waals surface area contributed by atoms with Crippen molar-refractivity contribution in [2.75, 3.05) is 6.54 Å². The molecule has 0 amide bonds. The Morgan fingerprint density at radius 2 is 1.90 bits per heavy atom. The van der Waals surface area contributed by atoms with E-state index in [4.69, 9.17) is 5.11 Å². The Morgan fingerprint density at radius 1 is 1.38 bits per heavy atom. The van der Waals surface area contributed by atoms with Gasteiger partial charge in [-0.25, -0.2) is 4.99 Å². The minimum Gasteiger partial charge on any atom is -0.480 e. The lowest BCUT2D eigenvalue weighted by Crippen LogP contribution is -2.33. The van der Waals surface area contributed by atoms with Gasteiger partial charge in [0.1, 0.15) is 24.8 Å². The largest absolute Gasteiger partial charge is 0.480 e. The van der Waals surface area contributed by atoms with Crippen molar-refractivity contribution in [1.82, 2.24) is 4.90 Å². The van der Waals surface area contributed by atoms with Gasteiger partial charge in [-0.15, -0.1) is 0 Å². The molecule has 21 heavy (non-hydrogen) atoms. The topological polar surface area (TPSA) is 65.3 Å². The van der Waals surface area contributed by atoms with Crippen LogP contribution in [0.15, 0.2) is 34.4 Å². The van der Waals surface area contributed by atoms with Crippen LogP contribution < -0.4 is 0 Å². The Balaban J connectivity index is 5.12. The molecule has 0 fully saturated rings. The maximum absolute atomic E-state index is 12.3. The summed E-state index contributed by atoms with van der Waals surface area (Å²) in [6, 6.07) is -1.88. The molecule has 0 bridgehead atoms. The van der Waals surface area contributed by atoms with Crippen molar-refractivity contribution in [2.45, 2.75) is 33.0 Å². The quantitative estimate of drug-likeness (QED) is 0.466. The molecule has 0 aliphatic carbocycles. The molecule has 0 spiro atoms. The van der Waals surface area contributed by atoms with Gasteiger partial charge in [0.15, 0.2) is 0 Å². The Bertz CT molecular complexity index is 482. The van der Waals surface area contributed by atoms with Crippen molar-refractivity contribution in [1.29, 1.82) is 0 Å². The molecule has 0 aromatic heterocycles. The minimum absolute atomic E-state index is 0.156. The van der Waals surface area contributed by atoms with Crippen LogP contribution in [-0.4, -0.2) is 46.9 Å². The minimum atomic E-state index is -4.44. The summed E-state index contributed by atoms with van der Waals surface area (Å²) in [6.45, 7) is 10.8. The van der Waals surface area contributed by atoms with E-state index in [9.17, 15) is 18.0 Å². The highest BCUT2D eigenvalue weighted by atomic mass is 19.4. The fraction of sp³-hybridized carbons (Fsp3) is 0.462. The maximum Gasteiger partial charge on any atom is 0.410 e. The van der Waals surface area contributed by atoms with E-state index in [2.05, 4.69) is 23.1 Å². The van der Waals surface area contributed by atoms with Crippen molar-refractivity contribution in [3.63, 3.8) is 0 Å². The van der Waals surface area contributed by atoms with Gasteiger partial charge < -0.3 is 10.0 Å². The lowest BCUT2D eigenvalue weighted by atomic mass is 10.2. The van der Waals surface area contributed by atoms with Crippen molar-refractivity contribution in [3.05, 3.63) is 24.4 Å². The molecule has 0 aromatic rings. The smallest absolute Gasteiger partial charge is 0.410 e. The molecule has 0 aliphatic rings. The second-order valence-corrected chi connectivity index (χ2v) is 4.37. The van der Waals surface area contributed by atoms with Gasteiger partial charge in [-0.05, 0) is 26.3 Å². The first-order chi connectivity index (χ1) is 9.46. The van der Waals surface area contributed by atoms with E-state index in [1.807, 2.05) is 0 Å². The monoisotopic (exact) mass is 305 g/mol. The van der Waals surface area contributed by atoms with Crippen LogP contribution in [-0.2, 0) is 4.79 Å². The van der Waals surface area contributed by atoms with Crippen molar-refractivity contribution >= 4 is 18.1 Å². The number of alkyl halides is 3. The van der Waals surface area contributed by atoms with Gasteiger partial charge in [0.2, 0.25) is 0 Å². The number of halogens is 3. The van der Waals surface area contributed by atoms with Gasteiger partial charge >= 0.3 is 12.1 Å². The summed E-state index contributed by atoms with van der Waals surface area (Å²) in [5.41, 5.74) is 0.835. The molecular weight excluding hydrogens is 287 g/mol. The molecular formula is C13H18F3N3O2. The van der Waals surface area contributed by atoms with E-state index in [1.54, 1.807) is 6.92 Å². The molecule has 0 saturated heterocycles. The summed E-state index contributed by atoms with van der Waals surface area (Å²) in [5, 5.41) is 8.83. The molecule has 0 aliphatic heterocycles. The zero-order chi connectivity index (χ0) is 16.8. The number of carboxylic acid groups (broad SMARTS) is 1. The lowest BCUT2D eigenvalue weighted by molar-refractivity contribution is -0.142. The number of carbonyl (C=O) groups is 1. The van der Waals surface area contributed by atoms with Crippen LogP contribution in [0.2, 0.25) is 0 Å². The van der Waals surface area contributed by atoms with Crippen LogP contribution >= 0.6 is 0 Å². The Hall–Kier alpha value is -2.12. The van der Waals surface area contributed by atoms with E-state index in [0.29, 0.717) is 11.3 Å². The summed E-state index contributed by atoms with van der Waals surface area (Å²) in [7, 11) is 0. The third kappa shape index (κ3) is 6.73. The highest BCUT2D eigenvalue weighted by Crippen LogP contribution is 2.21. The summed E-state index contributed by atoms with van der Waals surface area (Å²) in [5.74, 6) is -0.976. The number of allylic oxidation sites excluding steroid dienone is 1. The van der Waals surface area contributed by atoms with E-state index >= 15 is 0 Å². The van der Waals surface area contributed by atoms with Gasteiger partial charge in [-0.2, -0.15) is 13.2 Å². The van der Waals surface area contributed by atoms with Crippen LogP contribution in [0.3, 0.4) is 0 Å². The van der Waals surface area contributed by atoms with E-state index in [0.717, 1.165) is 13.3 Å². The summed E-state index contributed by atoms with van der Waals surface area (Å²) in [6.07, 6.45) is -3.68. The molecule has 5 nitrogen and oxygen atoms in total. The average Bonchev–Trinajstić information content (AvgIpc) is 2.33. The molecule has 0 radical (unpaired) electrons. The average molecular weight is 305 g/mol. The Kier molecular flexibility index (Phi) is 6.84. The van der Waals surface area contributed by atoms with Gasteiger partial charge in [-0.1, -0.05) is 13.2 Å². The normalized spacial score (nSPS) is 14.1. The fourth-order valence-corrected chi connectivity index (χ4v) is 1.14. The number of aliphatic carboxylic acids is 1. The van der Waals surface area contributed by atoms with E-state index < -0.39 is 24.7 Å². The highest BCUT2D eigenvalue weighted by Gasteiger charge is 2.35. The highest BCUT2D eigenvalue weighted by molar-refractivity contribution is 5.90. The zero-order valence-electron chi connectivity index (χ0n) is 12.1. The molecule has 0 heterocycles. The fourth-order valence-electron chi connectivity index (χ4n) is 1.14. The molecule has 1 unspecified atom stereocenters. The second-order valence-electron chi connectivity index (χ2n) is 4.37. The van der Waals surface area contributed by atoms with Crippen molar-refractivity contribution < 1.29 is 23.1 Å². The first kappa shape index (κ1) is 18.9. The van der Waals surface area contributed by atoms with Crippen LogP contribution in [0.4, 0.5) is 13.2 Å². The molecule has 1 atom stereocenters. The molecule has 8 heteroatoms. The van der Waals surface area contributed by atoms with Gasteiger partial charge in [0, 0.05) is 5.70 Å². The predicted molar refractivity (Wildman–Crippen MR) is 75.4 cm³/mol. The van der Waals surface area contributed by atoms with Crippen LogP contribution in [0, 0.1) is 0 Å². The SMILES string of the molecule is C=C(C)C(=C)N(CC(=O)O)C(C)=NC=NC(C)C(F)(F)F. The molecule has 0 saturated carbocycles. The van der Waals surface area contributed by atoms with Crippen LogP contribution in [0.25, 0.3) is 0 Å². The summed E-state index contributed by atoms with van der Waals surface area (Å²) >= 11 is 0. The van der Waals surface area contributed by atoms with Crippen molar-refractivity contribution in [3.8, 4) is 0 Å². The molecule has 0 aromatic carbocycles. The van der Waals surface area contributed by atoms with E-state index in [1.165, 1.54) is 11.8 Å². The van der Waals surface area contributed by atoms with E-state index in [-0.39, 0.29) is 5.84 Å². The zero-order valence-corrected chi connectivity index (χ0v) is 12.1. The lowest BCUT2D eigenvalue weighted by Gasteiger charge is -2.24. The molecule has 1 N–H and O–H groups in total. The van der Waals surface area contributed by atoms with Crippen LogP contribution in [0.1, 0.15) is 20.8 Å². The van der Waals surface area contributed by atoms with Gasteiger partial charge in [0.05, 0.1) is 0 Å². The predicted octanol–water partition coefficient (Wildman–Crippen LogP) is 2.86. The van der Waals surface area contributed by atoms with Gasteiger partial charge in [-0.3, -0.25) is 9.79 Å². The maximum atomic E-state index is 12.3. The van der Waals surface area contributed by atoms with Gasteiger partial charge in [0.25, 0.3) is 0 Å². The number of amidine groups is 1. The Morgan fingerprint density at radius 3 is 2.29 bits per heavy atom. The second kappa shape index (κ2) is 7.61. The van der Waals surface area contributed by atoms with Crippen molar-refractivity contribution in [2.24, 2.45) is 9.98 Å². The third-order valence-corrected chi connectivity index (χ3v) is 2.51. The number of hydrogen-bond donors (Lipinski definition) is 1. The first-order valence-electron chi connectivity index (χ1n) is 5.93. The number of hydrogen-bond acceptors (Lipinski definition) is 2. The first-order valence-corrected chi connectivity index (χ1v) is 5.93. The summed E-state index contributed by atoms with van der Waals surface area (Å²) in [4.78, 5) is 19.0. The summed E-state index contributed by atoms with van der Waals surface area (Å²) < 4.78 is 36.8. The standard InChI is InChI=1S/C13H18F3N3O2/c1-8(2)9(3)19(6-12(20)21)11(5)18-7-17-10(4)13(14,15)16/h7,10H,1,3,6H2,2,4-5H3,(H,20,21). The van der Waals surface area contributed by atoms with Crippen LogP contribution in [0.5, 0.6) is 0 Å². The number of nitrogens with zero attached hydrogens (tertiary/aromatic N) is 3. The number of aliphatic imine (C=N–C) groups is 2. The number of carboxylic acids is 1.